The standard InChI is InChI=1S/C15H21F3O2/c1-9-7-11(12(20-6)8-10(9)2)14(19,13(3,4)5)15(16,17)18/h7-8,19H,1-6H3. The van der Waals surface area contributed by atoms with Gasteiger partial charge in [-0.3, -0.25) is 0 Å². The molecule has 2 nitrogen and oxygen atoms in total. The smallest absolute Gasteiger partial charge is 0.422 e. The third kappa shape index (κ3) is 2.51. The minimum atomic E-state index is -4.81. The molecule has 0 spiro atoms. The second kappa shape index (κ2) is 4.95. The molecule has 0 fully saturated rings. The Bertz CT molecular complexity index is 485. The second-order valence-corrected chi connectivity index (χ2v) is 6.09. The molecule has 0 amide bonds. The second-order valence-electron chi connectivity index (χ2n) is 6.09. The quantitative estimate of drug-likeness (QED) is 0.888. The first-order chi connectivity index (χ1) is 8.86. The van der Waals surface area contributed by atoms with Gasteiger partial charge in [-0.25, -0.2) is 0 Å². The van der Waals surface area contributed by atoms with Crippen molar-refractivity contribution in [2.45, 2.75) is 46.4 Å². The molecule has 0 bridgehead atoms. The Morgan fingerprint density at radius 3 is 1.80 bits per heavy atom. The highest BCUT2D eigenvalue weighted by Gasteiger charge is 2.62. The molecule has 0 radical (unpaired) electrons. The van der Waals surface area contributed by atoms with Crippen molar-refractivity contribution < 1.29 is 23.0 Å². The number of halogens is 3. The Morgan fingerprint density at radius 2 is 1.45 bits per heavy atom. The van der Waals surface area contributed by atoms with Gasteiger partial charge in [0.15, 0.2) is 5.60 Å². The summed E-state index contributed by atoms with van der Waals surface area (Å²) in [6.45, 7) is 7.56. The number of aryl methyl sites for hydroxylation is 2. The molecule has 114 valence electrons. The van der Waals surface area contributed by atoms with Crippen LogP contribution in [0.15, 0.2) is 12.1 Å². The number of ether oxygens (including phenoxy) is 1. The van der Waals surface area contributed by atoms with E-state index in [-0.39, 0.29) is 11.3 Å². The lowest BCUT2D eigenvalue weighted by molar-refractivity contribution is -0.302. The zero-order valence-corrected chi connectivity index (χ0v) is 12.6. The van der Waals surface area contributed by atoms with E-state index in [0.717, 1.165) is 5.56 Å². The highest BCUT2D eigenvalue weighted by atomic mass is 19.4. The summed E-state index contributed by atoms with van der Waals surface area (Å²) in [6, 6.07) is 2.88. The van der Waals surface area contributed by atoms with Crippen molar-refractivity contribution in [3.05, 3.63) is 28.8 Å². The molecule has 1 unspecified atom stereocenters. The van der Waals surface area contributed by atoms with Gasteiger partial charge in [-0.2, -0.15) is 13.2 Å². The maximum atomic E-state index is 13.5. The number of aliphatic hydroxyl groups is 1. The van der Waals surface area contributed by atoms with Gasteiger partial charge in [0.1, 0.15) is 5.75 Å². The van der Waals surface area contributed by atoms with E-state index in [4.69, 9.17) is 4.74 Å². The van der Waals surface area contributed by atoms with Crippen molar-refractivity contribution in [1.82, 2.24) is 0 Å². The van der Waals surface area contributed by atoms with Crippen molar-refractivity contribution in [3.8, 4) is 5.75 Å². The van der Waals surface area contributed by atoms with Crippen LogP contribution in [0.1, 0.15) is 37.5 Å². The van der Waals surface area contributed by atoms with Crippen molar-refractivity contribution >= 4 is 0 Å². The van der Waals surface area contributed by atoms with E-state index >= 15 is 0 Å². The summed E-state index contributed by atoms with van der Waals surface area (Å²) in [7, 11) is 1.30. The largest absolute Gasteiger partial charge is 0.496 e. The summed E-state index contributed by atoms with van der Waals surface area (Å²) in [5, 5.41) is 10.5. The molecular formula is C15H21F3O2. The van der Waals surface area contributed by atoms with Crippen LogP contribution in [0, 0.1) is 19.3 Å². The summed E-state index contributed by atoms with van der Waals surface area (Å²) in [5.41, 5.74) is -3.18. The van der Waals surface area contributed by atoms with Gasteiger partial charge in [0.05, 0.1) is 7.11 Å². The molecule has 1 aromatic carbocycles. The van der Waals surface area contributed by atoms with Crippen LogP contribution in [0.3, 0.4) is 0 Å². The maximum Gasteiger partial charge on any atom is 0.422 e. The van der Waals surface area contributed by atoms with Gasteiger partial charge in [-0.1, -0.05) is 20.8 Å². The minimum Gasteiger partial charge on any atom is -0.496 e. The zero-order valence-electron chi connectivity index (χ0n) is 12.6. The number of benzene rings is 1. The molecule has 1 N–H and O–H groups in total. The fraction of sp³-hybridized carbons (Fsp3) is 0.600. The number of methoxy groups -OCH3 is 1. The maximum absolute atomic E-state index is 13.5. The summed E-state index contributed by atoms with van der Waals surface area (Å²) < 4.78 is 45.6. The summed E-state index contributed by atoms with van der Waals surface area (Å²) in [4.78, 5) is 0. The lowest BCUT2D eigenvalue weighted by Crippen LogP contribution is -2.52. The summed E-state index contributed by atoms with van der Waals surface area (Å²) in [5.74, 6) is 0.0443. The first-order valence-electron chi connectivity index (χ1n) is 6.31. The molecule has 1 rings (SSSR count). The van der Waals surface area contributed by atoms with Gasteiger partial charge < -0.3 is 9.84 Å². The van der Waals surface area contributed by atoms with E-state index in [1.165, 1.54) is 40.0 Å². The molecule has 0 saturated carbocycles. The molecule has 0 saturated heterocycles. The molecule has 0 aliphatic carbocycles. The number of hydrogen-bond acceptors (Lipinski definition) is 2. The summed E-state index contributed by atoms with van der Waals surface area (Å²) >= 11 is 0. The average Bonchev–Trinajstić information content (AvgIpc) is 2.28. The lowest BCUT2D eigenvalue weighted by Gasteiger charge is -2.42. The fourth-order valence-electron chi connectivity index (χ4n) is 2.22. The van der Waals surface area contributed by atoms with Crippen LogP contribution in [0.5, 0.6) is 5.75 Å². The zero-order chi connectivity index (χ0) is 15.9. The van der Waals surface area contributed by atoms with Gasteiger partial charge in [0, 0.05) is 11.0 Å². The third-order valence-electron chi connectivity index (χ3n) is 3.70. The molecule has 20 heavy (non-hydrogen) atoms. The Kier molecular flexibility index (Phi) is 4.16. The average molecular weight is 290 g/mol. The van der Waals surface area contributed by atoms with Gasteiger partial charge >= 0.3 is 6.18 Å². The lowest BCUT2D eigenvalue weighted by atomic mass is 9.71. The number of alkyl halides is 3. The highest BCUT2D eigenvalue weighted by molar-refractivity contribution is 5.46. The Hall–Kier alpha value is -1.23. The molecule has 1 atom stereocenters. The topological polar surface area (TPSA) is 29.5 Å². The Labute approximate surface area is 117 Å². The van der Waals surface area contributed by atoms with E-state index in [1.807, 2.05) is 0 Å². The van der Waals surface area contributed by atoms with Gasteiger partial charge in [-0.05, 0) is 37.1 Å². The van der Waals surface area contributed by atoms with Gasteiger partial charge in [0.2, 0.25) is 0 Å². The third-order valence-corrected chi connectivity index (χ3v) is 3.70. The molecule has 0 aliphatic rings. The van der Waals surface area contributed by atoms with Crippen molar-refractivity contribution in [2.75, 3.05) is 7.11 Å². The van der Waals surface area contributed by atoms with Crippen molar-refractivity contribution in [1.29, 1.82) is 0 Å². The van der Waals surface area contributed by atoms with Crippen LogP contribution in [0.4, 0.5) is 13.2 Å². The normalized spacial score (nSPS) is 15.9. The van der Waals surface area contributed by atoms with E-state index in [9.17, 15) is 18.3 Å². The first kappa shape index (κ1) is 16.8. The van der Waals surface area contributed by atoms with Gasteiger partial charge in [-0.15, -0.1) is 0 Å². The van der Waals surface area contributed by atoms with Crippen LogP contribution >= 0.6 is 0 Å². The van der Waals surface area contributed by atoms with E-state index < -0.39 is 17.2 Å². The molecule has 1 aromatic rings. The first-order valence-corrected chi connectivity index (χ1v) is 6.31. The van der Waals surface area contributed by atoms with E-state index in [2.05, 4.69) is 0 Å². The predicted octanol–water partition coefficient (Wildman–Crippen LogP) is 4.11. The number of hydrogen-bond donors (Lipinski definition) is 1. The van der Waals surface area contributed by atoms with E-state index in [0.29, 0.717) is 5.56 Å². The van der Waals surface area contributed by atoms with Crippen LogP contribution in [-0.4, -0.2) is 18.4 Å². The SMILES string of the molecule is COc1cc(C)c(C)cc1C(O)(C(C)(C)C)C(F)(F)F. The molecule has 0 heterocycles. The van der Waals surface area contributed by atoms with Crippen molar-refractivity contribution in [2.24, 2.45) is 5.41 Å². The minimum absolute atomic E-state index is 0.0443. The van der Waals surface area contributed by atoms with Crippen LogP contribution in [-0.2, 0) is 5.60 Å². The summed E-state index contributed by atoms with van der Waals surface area (Å²) in [6.07, 6.45) is -4.81. The molecule has 5 heteroatoms. The molecular weight excluding hydrogens is 269 g/mol. The van der Waals surface area contributed by atoms with Crippen LogP contribution < -0.4 is 4.74 Å². The fourth-order valence-corrected chi connectivity index (χ4v) is 2.22. The number of rotatable bonds is 2. The van der Waals surface area contributed by atoms with Crippen molar-refractivity contribution in [3.63, 3.8) is 0 Å². The molecule has 0 aromatic heterocycles. The Balaban J connectivity index is 3.72. The van der Waals surface area contributed by atoms with Gasteiger partial charge in [0.25, 0.3) is 0 Å². The molecule has 0 aliphatic heterocycles. The van der Waals surface area contributed by atoms with Crippen LogP contribution in [0.25, 0.3) is 0 Å². The van der Waals surface area contributed by atoms with Crippen LogP contribution in [0.2, 0.25) is 0 Å². The monoisotopic (exact) mass is 290 g/mol. The Morgan fingerprint density at radius 1 is 1.00 bits per heavy atom. The van der Waals surface area contributed by atoms with E-state index in [1.54, 1.807) is 13.8 Å². The predicted molar refractivity (Wildman–Crippen MR) is 71.9 cm³/mol. The highest BCUT2D eigenvalue weighted by Crippen LogP contribution is 2.53.